The minimum absolute atomic E-state index is 0.278. The van der Waals surface area contributed by atoms with E-state index in [4.69, 9.17) is 4.74 Å². The summed E-state index contributed by atoms with van der Waals surface area (Å²) >= 11 is 0. The second-order valence-electron chi connectivity index (χ2n) is 4.58. The molecule has 0 fully saturated rings. The number of nitrogens with one attached hydrogen (secondary N) is 1. The summed E-state index contributed by atoms with van der Waals surface area (Å²) < 4.78 is 28.3. The molecule has 0 saturated heterocycles. The standard InChI is InChI=1S/C12H27NO3S/c1-4-12(2)11-17(14,15)10-6-5-7-13-8-9-16-3/h12-13H,4-11H2,1-3H3. The molecule has 0 aromatic heterocycles. The highest BCUT2D eigenvalue weighted by Crippen LogP contribution is 2.07. The molecule has 1 unspecified atom stereocenters. The molecule has 0 spiro atoms. The molecule has 0 amide bonds. The molecule has 1 N–H and O–H groups in total. The molecule has 0 aromatic rings. The first kappa shape index (κ1) is 16.9. The third-order valence-corrected chi connectivity index (χ3v) is 4.76. The van der Waals surface area contributed by atoms with E-state index in [1.807, 2.05) is 13.8 Å². The predicted molar refractivity (Wildman–Crippen MR) is 72.1 cm³/mol. The number of methoxy groups -OCH3 is 1. The average molecular weight is 265 g/mol. The Morgan fingerprint density at radius 3 is 2.53 bits per heavy atom. The quantitative estimate of drug-likeness (QED) is 0.575. The van der Waals surface area contributed by atoms with E-state index in [0.29, 0.717) is 18.1 Å². The number of ether oxygens (including phenoxy) is 1. The minimum atomic E-state index is -2.84. The molecule has 0 saturated carbocycles. The van der Waals surface area contributed by atoms with Gasteiger partial charge in [-0.15, -0.1) is 0 Å². The van der Waals surface area contributed by atoms with Crippen molar-refractivity contribution in [2.24, 2.45) is 5.92 Å². The van der Waals surface area contributed by atoms with Crippen molar-refractivity contribution < 1.29 is 13.2 Å². The Morgan fingerprint density at radius 1 is 1.24 bits per heavy atom. The van der Waals surface area contributed by atoms with Crippen LogP contribution in [0.2, 0.25) is 0 Å². The largest absolute Gasteiger partial charge is 0.383 e. The van der Waals surface area contributed by atoms with Crippen LogP contribution in [-0.4, -0.2) is 46.7 Å². The Balaban J connectivity index is 3.53. The summed E-state index contributed by atoms with van der Waals surface area (Å²) in [4.78, 5) is 0. The molecule has 0 aliphatic rings. The first-order valence-electron chi connectivity index (χ1n) is 6.42. The zero-order valence-electron chi connectivity index (χ0n) is 11.4. The molecule has 0 aliphatic heterocycles. The van der Waals surface area contributed by atoms with Crippen molar-refractivity contribution in [3.8, 4) is 0 Å². The highest BCUT2D eigenvalue weighted by atomic mass is 32.2. The molecule has 5 heteroatoms. The van der Waals surface area contributed by atoms with Gasteiger partial charge in [0.15, 0.2) is 9.84 Å². The van der Waals surface area contributed by atoms with E-state index in [2.05, 4.69) is 5.32 Å². The van der Waals surface area contributed by atoms with Gasteiger partial charge in [-0.2, -0.15) is 0 Å². The van der Waals surface area contributed by atoms with Crippen LogP contribution in [0.4, 0.5) is 0 Å². The van der Waals surface area contributed by atoms with Crippen LogP contribution in [0.25, 0.3) is 0 Å². The van der Waals surface area contributed by atoms with E-state index in [0.717, 1.165) is 32.4 Å². The van der Waals surface area contributed by atoms with Gasteiger partial charge in [-0.3, -0.25) is 0 Å². The van der Waals surface area contributed by atoms with Gasteiger partial charge in [0.1, 0.15) is 0 Å². The Hall–Kier alpha value is -0.130. The van der Waals surface area contributed by atoms with Gasteiger partial charge in [0.2, 0.25) is 0 Å². The van der Waals surface area contributed by atoms with Crippen molar-refractivity contribution in [2.45, 2.75) is 33.1 Å². The Kier molecular flexibility index (Phi) is 9.78. The third-order valence-electron chi connectivity index (χ3n) is 2.78. The normalized spacial score (nSPS) is 13.8. The predicted octanol–water partition coefficient (Wildman–Crippen LogP) is 1.46. The Bertz CT molecular complexity index is 265. The summed E-state index contributed by atoms with van der Waals surface area (Å²) in [6.45, 7) is 6.41. The second kappa shape index (κ2) is 9.85. The van der Waals surface area contributed by atoms with Crippen molar-refractivity contribution in [2.75, 3.05) is 38.3 Å². The van der Waals surface area contributed by atoms with Gasteiger partial charge >= 0.3 is 0 Å². The SMILES string of the molecule is CCC(C)CS(=O)(=O)CCCCNCCOC. The number of hydrogen-bond acceptors (Lipinski definition) is 4. The molecule has 104 valence electrons. The number of unbranched alkanes of at least 4 members (excludes halogenated alkanes) is 1. The highest BCUT2D eigenvalue weighted by molar-refractivity contribution is 7.91. The lowest BCUT2D eigenvalue weighted by atomic mass is 10.2. The first-order chi connectivity index (χ1) is 8.02. The fourth-order valence-corrected chi connectivity index (χ4v) is 3.42. The van der Waals surface area contributed by atoms with Crippen LogP contribution < -0.4 is 5.32 Å². The monoisotopic (exact) mass is 265 g/mol. The van der Waals surface area contributed by atoms with Gasteiger partial charge in [0, 0.05) is 13.7 Å². The van der Waals surface area contributed by atoms with Crippen LogP contribution in [0.3, 0.4) is 0 Å². The lowest BCUT2D eigenvalue weighted by molar-refractivity contribution is 0.199. The molecule has 0 rings (SSSR count). The molecule has 0 aliphatic carbocycles. The molecule has 0 heterocycles. The second-order valence-corrected chi connectivity index (χ2v) is 6.81. The van der Waals surface area contributed by atoms with Gasteiger partial charge in [0.25, 0.3) is 0 Å². The van der Waals surface area contributed by atoms with Crippen molar-refractivity contribution in [3.63, 3.8) is 0 Å². The zero-order valence-corrected chi connectivity index (χ0v) is 12.2. The lowest BCUT2D eigenvalue weighted by Crippen LogP contribution is -2.21. The van der Waals surface area contributed by atoms with E-state index < -0.39 is 9.84 Å². The summed E-state index contributed by atoms with van der Waals surface area (Å²) in [7, 11) is -1.17. The number of hydrogen-bond donors (Lipinski definition) is 1. The molecular weight excluding hydrogens is 238 g/mol. The third kappa shape index (κ3) is 10.7. The molecule has 0 bridgehead atoms. The highest BCUT2D eigenvalue weighted by Gasteiger charge is 2.13. The average Bonchev–Trinajstić information content (AvgIpc) is 2.27. The summed E-state index contributed by atoms with van der Waals surface area (Å²) in [6.07, 6.45) is 2.58. The van der Waals surface area contributed by atoms with Crippen LogP contribution in [-0.2, 0) is 14.6 Å². The van der Waals surface area contributed by atoms with Crippen LogP contribution in [0.1, 0.15) is 33.1 Å². The van der Waals surface area contributed by atoms with Crippen LogP contribution in [0, 0.1) is 5.92 Å². The van der Waals surface area contributed by atoms with Crippen molar-refractivity contribution in [1.29, 1.82) is 0 Å². The fourth-order valence-electron chi connectivity index (χ4n) is 1.51. The van der Waals surface area contributed by atoms with Gasteiger partial charge in [0.05, 0.1) is 18.1 Å². The van der Waals surface area contributed by atoms with Gasteiger partial charge in [-0.1, -0.05) is 20.3 Å². The lowest BCUT2D eigenvalue weighted by Gasteiger charge is -2.09. The van der Waals surface area contributed by atoms with E-state index in [1.165, 1.54) is 0 Å². The summed E-state index contributed by atoms with van der Waals surface area (Å²) in [5, 5.41) is 3.20. The topological polar surface area (TPSA) is 55.4 Å². The van der Waals surface area contributed by atoms with E-state index >= 15 is 0 Å². The molecule has 0 aromatic carbocycles. The molecule has 4 nitrogen and oxygen atoms in total. The molecule has 0 radical (unpaired) electrons. The van der Waals surface area contributed by atoms with Crippen molar-refractivity contribution in [3.05, 3.63) is 0 Å². The number of sulfone groups is 1. The molecule has 1 atom stereocenters. The van der Waals surface area contributed by atoms with E-state index in [-0.39, 0.29) is 5.92 Å². The fraction of sp³-hybridized carbons (Fsp3) is 1.00. The maximum atomic E-state index is 11.7. The van der Waals surface area contributed by atoms with E-state index in [1.54, 1.807) is 7.11 Å². The summed E-state index contributed by atoms with van der Waals surface area (Å²) in [5.41, 5.74) is 0. The van der Waals surface area contributed by atoms with Crippen LogP contribution in [0.15, 0.2) is 0 Å². The van der Waals surface area contributed by atoms with Crippen molar-refractivity contribution in [1.82, 2.24) is 5.32 Å². The van der Waals surface area contributed by atoms with Gasteiger partial charge in [-0.25, -0.2) is 8.42 Å². The summed E-state index contributed by atoms with van der Waals surface area (Å²) in [5.74, 6) is 0.934. The summed E-state index contributed by atoms with van der Waals surface area (Å²) in [6, 6.07) is 0. The maximum Gasteiger partial charge on any atom is 0.150 e. The smallest absolute Gasteiger partial charge is 0.150 e. The molecular formula is C12H27NO3S. The Morgan fingerprint density at radius 2 is 1.94 bits per heavy atom. The zero-order chi connectivity index (χ0) is 13.1. The first-order valence-corrected chi connectivity index (χ1v) is 8.24. The van der Waals surface area contributed by atoms with Gasteiger partial charge in [-0.05, 0) is 25.3 Å². The van der Waals surface area contributed by atoms with Gasteiger partial charge < -0.3 is 10.1 Å². The maximum absolute atomic E-state index is 11.7. The molecule has 17 heavy (non-hydrogen) atoms. The van der Waals surface area contributed by atoms with Crippen LogP contribution in [0.5, 0.6) is 0 Å². The minimum Gasteiger partial charge on any atom is -0.383 e. The van der Waals surface area contributed by atoms with Crippen molar-refractivity contribution >= 4 is 9.84 Å². The van der Waals surface area contributed by atoms with Crippen LogP contribution >= 0.6 is 0 Å². The number of rotatable bonds is 11. The van der Waals surface area contributed by atoms with E-state index in [9.17, 15) is 8.42 Å². The Labute approximate surface area is 106 Å².